The predicted molar refractivity (Wildman–Crippen MR) is 74.4 cm³/mol. The maximum Gasteiger partial charge on any atom is 0.124 e. The Morgan fingerprint density at radius 2 is 1.94 bits per heavy atom. The van der Waals surface area contributed by atoms with Gasteiger partial charge in [-0.05, 0) is 32.4 Å². The topological polar surface area (TPSA) is 62.3 Å². The monoisotopic (exact) mass is 247 g/mol. The summed E-state index contributed by atoms with van der Waals surface area (Å²) in [6.07, 6.45) is 0.404. The van der Waals surface area contributed by atoms with E-state index in [0.717, 1.165) is 29.9 Å². The van der Waals surface area contributed by atoms with Gasteiger partial charge in [-0.3, -0.25) is 5.41 Å². The first-order valence-electron chi connectivity index (χ1n) is 6.33. The number of ether oxygens (including phenoxy) is 1. The molecule has 98 valence electrons. The molecule has 1 heterocycles. The Kier molecular flexibility index (Phi) is 3.57. The third kappa shape index (κ3) is 2.48. The van der Waals surface area contributed by atoms with Crippen LogP contribution < -0.4 is 10.6 Å². The summed E-state index contributed by atoms with van der Waals surface area (Å²) in [5, 5.41) is 7.71. The van der Waals surface area contributed by atoms with E-state index < -0.39 is 0 Å². The van der Waals surface area contributed by atoms with Gasteiger partial charge in [0.15, 0.2) is 0 Å². The average Bonchev–Trinajstić information content (AvgIpc) is 2.26. The molecule has 4 nitrogen and oxygen atoms in total. The van der Waals surface area contributed by atoms with Gasteiger partial charge in [-0.1, -0.05) is 12.1 Å². The minimum Gasteiger partial charge on any atom is -0.384 e. The van der Waals surface area contributed by atoms with Gasteiger partial charge in [-0.25, -0.2) is 0 Å². The Labute approximate surface area is 108 Å². The highest BCUT2D eigenvalue weighted by molar-refractivity contribution is 6.01. The zero-order valence-electron chi connectivity index (χ0n) is 11.2. The Balaban J connectivity index is 2.40. The molecule has 1 fully saturated rings. The summed E-state index contributed by atoms with van der Waals surface area (Å²) in [4.78, 5) is 2.28. The molecule has 0 spiro atoms. The largest absolute Gasteiger partial charge is 0.384 e. The molecular formula is C14H21N3O. The van der Waals surface area contributed by atoms with Gasteiger partial charge in [0.1, 0.15) is 5.84 Å². The highest BCUT2D eigenvalue weighted by Gasteiger charge is 2.25. The molecule has 0 saturated carbocycles. The van der Waals surface area contributed by atoms with Gasteiger partial charge in [0.05, 0.1) is 17.9 Å². The number of nitrogens with two attached hydrogens (primary N) is 1. The van der Waals surface area contributed by atoms with Crippen molar-refractivity contribution in [1.82, 2.24) is 0 Å². The standard InChI is InChI=1S/C14H21N3O/c1-9-5-4-6-12(14(15)16)13(9)17-7-10(2)18-11(3)8-17/h4-6,10-11H,7-8H2,1-3H3,(H3,15,16). The van der Waals surface area contributed by atoms with Crippen LogP contribution in [0.4, 0.5) is 5.69 Å². The molecule has 0 radical (unpaired) electrons. The molecule has 2 rings (SSSR count). The number of hydrogen-bond acceptors (Lipinski definition) is 3. The van der Waals surface area contributed by atoms with Crippen LogP contribution in [0.25, 0.3) is 0 Å². The lowest BCUT2D eigenvalue weighted by Crippen LogP contribution is -2.46. The van der Waals surface area contributed by atoms with Crippen molar-refractivity contribution in [1.29, 1.82) is 5.41 Å². The van der Waals surface area contributed by atoms with E-state index >= 15 is 0 Å². The van der Waals surface area contributed by atoms with Crippen LogP contribution >= 0.6 is 0 Å². The number of nitrogens with zero attached hydrogens (tertiary/aromatic N) is 1. The maximum atomic E-state index is 7.71. The fourth-order valence-corrected chi connectivity index (χ4v) is 2.66. The molecule has 1 aliphatic rings. The molecule has 0 amide bonds. The smallest absolute Gasteiger partial charge is 0.124 e. The summed E-state index contributed by atoms with van der Waals surface area (Å²) in [6.45, 7) is 7.90. The van der Waals surface area contributed by atoms with Crippen LogP contribution in [0.3, 0.4) is 0 Å². The Morgan fingerprint density at radius 3 is 2.50 bits per heavy atom. The van der Waals surface area contributed by atoms with Gasteiger partial charge in [-0.2, -0.15) is 0 Å². The maximum absolute atomic E-state index is 7.71. The van der Waals surface area contributed by atoms with Crippen molar-refractivity contribution >= 4 is 11.5 Å². The number of benzene rings is 1. The first kappa shape index (κ1) is 12.9. The van der Waals surface area contributed by atoms with Crippen LogP contribution in [0.15, 0.2) is 18.2 Å². The first-order chi connectivity index (χ1) is 8.49. The van der Waals surface area contributed by atoms with E-state index in [1.807, 2.05) is 12.1 Å². The number of para-hydroxylation sites is 1. The lowest BCUT2D eigenvalue weighted by molar-refractivity contribution is -0.00525. The van der Waals surface area contributed by atoms with Crippen LogP contribution in [-0.4, -0.2) is 31.1 Å². The number of morpholine rings is 1. The Bertz CT molecular complexity index is 448. The fourth-order valence-electron chi connectivity index (χ4n) is 2.66. The van der Waals surface area contributed by atoms with Gasteiger partial charge in [0.25, 0.3) is 0 Å². The molecule has 1 aromatic carbocycles. The zero-order chi connectivity index (χ0) is 13.3. The van der Waals surface area contributed by atoms with Gasteiger partial charge in [-0.15, -0.1) is 0 Å². The minimum absolute atomic E-state index is 0.125. The van der Waals surface area contributed by atoms with Crippen LogP contribution in [0.5, 0.6) is 0 Å². The molecule has 0 aliphatic carbocycles. The third-order valence-electron chi connectivity index (χ3n) is 3.26. The second kappa shape index (κ2) is 4.98. The second-order valence-corrected chi connectivity index (χ2v) is 5.05. The van der Waals surface area contributed by atoms with Crippen molar-refractivity contribution in [3.05, 3.63) is 29.3 Å². The van der Waals surface area contributed by atoms with Gasteiger partial charge in [0.2, 0.25) is 0 Å². The molecule has 1 saturated heterocycles. The highest BCUT2D eigenvalue weighted by Crippen LogP contribution is 2.27. The van der Waals surface area contributed by atoms with Gasteiger partial charge >= 0.3 is 0 Å². The second-order valence-electron chi connectivity index (χ2n) is 5.05. The number of nitrogen functional groups attached to an aromatic ring is 1. The fraction of sp³-hybridized carbons (Fsp3) is 0.500. The number of rotatable bonds is 2. The van der Waals surface area contributed by atoms with Crippen molar-refractivity contribution in [2.24, 2.45) is 5.73 Å². The summed E-state index contributed by atoms with van der Waals surface area (Å²) in [7, 11) is 0. The highest BCUT2D eigenvalue weighted by atomic mass is 16.5. The molecule has 0 aromatic heterocycles. The molecule has 2 atom stereocenters. The van der Waals surface area contributed by atoms with Crippen LogP contribution in [0.1, 0.15) is 25.0 Å². The number of aryl methyl sites for hydroxylation is 1. The van der Waals surface area contributed by atoms with Crippen LogP contribution in [0, 0.1) is 12.3 Å². The molecule has 18 heavy (non-hydrogen) atoms. The normalized spacial score (nSPS) is 24.1. The molecule has 2 unspecified atom stereocenters. The summed E-state index contributed by atoms with van der Waals surface area (Å²) in [6, 6.07) is 5.92. The van der Waals surface area contributed by atoms with E-state index in [1.54, 1.807) is 0 Å². The Hall–Kier alpha value is -1.55. The summed E-state index contributed by atoms with van der Waals surface area (Å²) in [5.41, 5.74) is 8.73. The summed E-state index contributed by atoms with van der Waals surface area (Å²) < 4.78 is 5.75. The van der Waals surface area contributed by atoms with Crippen LogP contribution in [-0.2, 0) is 4.74 Å². The average molecular weight is 247 g/mol. The zero-order valence-corrected chi connectivity index (χ0v) is 11.2. The van der Waals surface area contributed by atoms with Crippen molar-refractivity contribution in [2.75, 3.05) is 18.0 Å². The van der Waals surface area contributed by atoms with Crippen molar-refractivity contribution in [3.8, 4) is 0 Å². The molecule has 1 aliphatic heterocycles. The molecule has 0 bridgehead atoms. The molecule has 4 heteroatoms. The van der Waals surface area contributed by atoms with E-state index in [9.17, 15) is 0 Å². The summed E-state index contributed by atoms with van der Waals surface area (Å²) in [5.74, 6) is 0.125. The quantitative estimate of drug-likeness (QED) is 0.619. The van der Waals surface area contributed by atoms with E-state index in [4.69, 9.17) is 15.9 Å². The molecule has 1 aromatic rings. The third-order valence-corrected chi connectivity index (χ3v) is 3.26. The number of amidine groups is 1. The number of anilines is 1. The van der Waals surface area contributed by atoms with Gasteiger partial charge < -0.3 is 15.4 Å². The van der Waals surface area contributed by atoms with E-state index in [2.05, 4.69) is 31.7 Å². The first-order valence-corrected chi connectivity index (χ1v) is 6.33. The molecular weight excluding hydrogens is 226 g/mol. The minimum atomic E-state index is 0.125. The van der Waals surface area contributed by atoms with Crippen molar-refractivity contribution < 1.29 is 4.74 Å². The number of nitrogens with one attached hydrogen (secondary N) is 1. The van der Waals surface area contributed by atoms with E-state index in [-0.39, 0.29) is 18.0 Å². The van der Waals surface area contributed by atoms with Crippen LogP contribution in [0.2, 0.25) is 0 Å². The number of hydrogen-bond donors (Lipinski definition) is 2. The van der Waals surface area contributed by atoms with Crippen molar-refractivity contribution in [3.63, 3.8) is 0 Å². The Morgan fingerprint density at radius 1 is 1.33 bits per heavy atom. The van der Waals surface area contributed by atoms with Gasteiger partial charge in [0, 0.05) is 18.7 Å². The van der Waals surface area contributed by atoms with E-state index in [1.165, 1.54) is 0 Å². The van der Waals surface area contributed by atoms with E-state index in [0.29, 0.717) is 0 Å². The lowest BCUT2D eigenvalue weighted by Gasteiger charge is -2.38. The SMILES string of the molecule is Cc1cccc(C(=N)N)c1N1CC(C)OC(C)C1. The molecule has 3 N–H and O–H groups in total. The summed E-state index contributed by atoms with van der Waals surface area (Å²) >= 11 is 0. The van der Waals surface area contributed by atoms with Crippen molar-refractivity contribution in [2.45, 2.75) is 33.0 Å². The lowest BCUT2D eigenvalue weighted by atomic mass is 10.0. The predicted octanol–water partition coefficient (Wildman–Crippen LogP) is 1.89.